The third-order valence-corrected chi connectivity index (χ3v) is 5.93. The van der Waals surface area contributed by atoms with Gasteiger partial charge in [-0.3, -0.25) is 4.57 Å². The van der Waals surface area contributed by atoms with Crippen molar-refractivity contribution in [1.82, 2.24) is 14.3 Å². The summed E-state index contributed by atoms with van der Waals surface area (Å²) in [4.78, 5) is 1.50. The van der Waals surface area contributed by atoms with E-state index in [9.17, 15) is 0 Å². The van der Waals surface area contributed by atoms with E-state index in [-0.39, 0.29) is 0 Å². The highest BCUT2D eigenvalue weighted by Crippen LogP contribution is 2.22. The van der Waals surface area contributed by atoms with E-state index in [0.717, 1.165) is 54.6 Å². The molecule has 0 fully saturated rings. The van der Waals surface area contributed by atoms with Crippen LogP contribution in [0.25, 0.3) is 11.4 Å². The van der Waals surface area contributed by atoms with Gasteiger partial charge in [-0.25, -0.2) is 0 Å². The highest BCUT2D eigenvalue weighted by molar-refractivity contribution is 7.71. The van der Waals surface area contributed by atoms with Crippen LogP contribution in [0.5, 0.6) is 5.75 Å². The minimum Gasteiger partial charge on any atom is -0.497 e. The lowest BCUT2D eigenvalue weighted by Crippen LogP contribution is -3.11. The summed E-state index contributed by atoms with van der Waals surface area (Å²) < 4.78 is 10.3. The molecule has 0 aliphatic carbocycles. The Hall–Kier alpha value is -2.44. The summed E-state index contributed by atoms with van der Waals surface area (Å²) in [5.41, 5.74) is 3.98. The zero-order valence-corrected chi connectivity index (χ0v) is 18.2. The van der Waals surface area contributed by atoms with Crippen LogP contribution in [0.2, 0.25) is 0 Å². The number of hydrogen-bond acceptors (Lipinski definition) is 3. The van der Waals surface area contributed by atoms with Crippen LogP contribution in [0, 0.1) is 10.7 Å². The van der Waals surface area contributed by atoms with Crippen LogP contribution in [-0.2, 0) is 26.2 Å². The fraction of sp³-hybridized carbons (Fsp3) is 0.391. The first-order chi connectivity index (χ1) is 14.0. The Morgan fingerprint density at radius 1 is 1.10 bits per heavy atom. The van der Waals surface area contributed by atoms with Crippen LogP contribution in [-0.4, -0.2) is 28.0 Å². The van der Waals surface area contributed by atoms with Crippen LogP contribution >= 0.6 is 12.2 Å². The van der Waals surface area contributed by atoms with Crippen molar-refractivity contribution in [2.24, 2.45) is 5.92 Å². The second kappa shape index (κ2) is 8.51. The van der Waals surface area contributed by atoms with E-state index in [4.69, 9.17) is 22.1 Å². The largest absolute Gasteiger partial charge is 0.497 e. The van der Waals surface area contributed by atoms with E-state index in [2.05, 4.69) is 54.8 Å². The van der Waals surface area contributed by atoms with Crippen LogP contribution in [0.1, 0.15) is 25.0 Å². The molecule has 1 N–H and O–H groups in total. The van der Waals surface area contributed by atoms with Gasteiger partial charge in [0.1, 0.15) is 12.3 Å². The van der Waals surface area contributed by atoms with Gasteiger partial charge in [0, 0.05) is 24.1 Å². The van der Waals surface area contributed by atoms with E-state index < -0.39 is 0 Å². The van der Waals surface area contributed by atoms with Crippen molar-refractivity contribution in [1.29, 1.82) is 0 Å². The normalized spacial score (nSPS) is 16.1. The van der Waals surface area contributed by atoms with Gasteiger partial charge in [-0.05, 0) is 48.0 Å². The predicted octanol–water partition coefficient (Wildman–Crippen LogP) is 3.34. The Balaban J connectivity index is 1.64. The van der Waals surface area contributed by atoms with Crippen molar-refractivity contribution in [3.8, 4) is 17.1 Å². The van der Waals surface area contributed by atoms with Crippen LogP contribution in [0.15, 0.2) is 48.5 Å². The Labute approximate surface area is 177 Å². The molecule has 0 amide bonds. The molecule has 0 saturated heterocycles. The van der Waals surface area contributed by atoms with E-state index in [1.807, 2.05) is 16.8 Å². The maximum Gasteiger partial charge on any atom is 0.203 e. The highest BCUT2D eigenvalue weighted by atomic mass is 32.1. The quantitative estimate of drug-likeness (QED) is 0.635. The Morgan fingerprint density at radius 3 is 2.52 bits per heavy atom. The molecule has 5 nitrogen and oxygen atoms in total. The number of benzene rings is 2. The topological polar surface area (TPSA) is 36.4 Å². The summed E-state index contributed by atoms with van der Waals surface area (Å²) >= 11 is 5.85. The lowest BCUT2D eigenvalue weighted by molar-refractivity contribution is -0.939. The number of rotatable bonds is 6. The molecule has 2 aromatic carbocycles. The summed E-state index contributed by atoms with van der Waals surface area (Å²) in [6, 6.07) is 16.8. The molecule has 1 aromatic heterocycles. The van der Waals surface area contributed by atoms with Crippen molar-refractivity contribution >= 4 is 12.2 Å². The van der Waals surface area contributed by atoms with Gasteiger partial charge in [-0.2, -0.15) is 4.68 Å². The SMILES string of the molecule is COc1ccc(-c2nn(C[NH+]3CCc4ccccc4C3)c(=S)n2CC(C)C)cc1. The highest BCUT2D eigenvalue weighted by Gasteiger charge is 2.22. The summed E-state index contributed by atoms with van der Waals surface area (Å²) in [7, 11) is 1.68. The predicted molar refractivity (Wildman–Crippen MR) is 118 cm³/mol. The number of aromatic nitrogens is 3. The fourth-order valence-electron chi connectivity index (χ4n) is 4.02. The average molecular weight is 410 g/mol. The second-order valence-corrected chi connectivity index (χ2v) is 8.56. The maximum absolute atomic E-state index is 5.85. The summed E-state index contributed by atoms with van der Waals surface area (Å²) in [5.74, 6) is 2.27. The Kier molecular flexibility index (Phi) is 5.83. The van der Waals surface area contributed by atoms with Crippen molar-refractivity contribution in [3.63, 3.8) is 0 Å². The molecule has 3 aromatic rings. The van der Waals surface area contributed by atoms with E-state index in [1.54, 1.807) is 7.11 Å². The minimum absolute atomic E-state index is 0.491. The molecule has 152 valence electrons. The first-order valence-electron chi connectivity index (χ1n) is 10.3. The van der Waals surface area contributed by atoms with Gasteiger partial charge in [-0.1, -0.05) is 38.1 Å². The van der Waals surface area contributed by atoms with Crippen molar-refractivity contribution < 1.29 is 9.64 Å². The van der Waals surface area contributed by atoms with Crippen LogP contribution < -0.4 is 9.64 Å². The van der Waals surface area contributed by atoms with Crippen molar-refractivity contribution in [3.05, 3.63) is 64.4 Å². The lowest BCUT2D eigenvalue weighted by Gasteiger charge is -2.25. The van der Waals surface area contributed by atoms with Gasteiger partial charge in [-0.15, -0.1) is 5.10 Å². The third kappa shape index (κ3) is 4.28. The van der Waals surface area contributed by atoms with Gasteiger partial charge < -0.3 is 9.64 Å². The standard InChI is InChI=1S/C23H28N4OS/c1-17(2)14-26-22(19-8-10-21(28-3)11-9-19)24-27(23(26)29)16-25-13-12-18-6-4-5-7-20(18)15-25/h4-11,17H,12-16H2,1-3H3/p+1. The van der Waals surface area contributed by atoms with Crippen molar-refractivity contribution in [2.75, 3.05) is 13.7 Å². The second-order valence-electron chi connectivity index (χ2n) is 8.19. The van der Waals surface area contributed by atoms with Crippen molar-refractivity contribution in [2.45, 2.75) is 40.0 Å². The van der Waals surface area contributed by atoms with Gasteiger partial charge in [0.2, 0.25) is 4.77 Å². The molecule has 1 unspecified atom stereocenters. The minimum atomic E-state index is 0.491. The molecule has 1 atom stereocenters. The molecule has 0 spiro atoms. The number of nitrogens with one attached hydrogen (secondary N) is 1. The number of ether oxygens (including phenoxy) is 1. The monoisotopic (exact) mass is 409 g/mol. The molecule has 0 bridgehead atoms. The molecule has 0 radical (unpaired) electrons. The first-order valence-corrected chi connectivity index (χ1v) is 10.7. The first kappa shape index (κ1) is 19.9. The van der Waals surface area contributed by atoms with Gasteiger partial charge in [0.15, 0.2) is 12.5 Å². The summed E-state index contributed by atoms with van der Waals surface area (Å²) in [6.07, 6.45) is 1.11. The van der Waals surface area contributed by atoms with E-state index >= 15 is 0 Å². The lowest BCUT2D eigenvalue weighted by atomic mass is 10.0. The fourth-order valence-corrected chi connectivity index (χ4v) is 4.28. The average Bonchev–Trinajstić information content (AvgIpc) is 3.03. The molecule has 29 heavy (non-hydrogen) atoms. The zero-order valence-electron chi connectivity index (χ0n) is 17.4. The van der Waals surface area contributed by atoms with Crippen LogP contribution in [0.4, 0.5) is 0 Å². The maximum atomic E-state index is 5.85. The molecule has 6 heteroatoms. The number of quaternary nitrogens is 1. The van der Waals surface area contributed by atoms with Gasteiger partial charge >= 0.3 is 0 Å². The zero-order chi connectivity index (χ0) is 20.4. The van der Waals surface area contributed by atoms with E-state index in [1.165, 1.54) is 16.0 Å². The molecule has 1 aliphatic heterocycles. The van der Waals surface area contributed by atoms with Crippen LogP contribution in [0.3, 0.4) is 0 Å². The summed E-state index contributed by atoms with van der Waals surface area (Å²) in [6.45, 7) is 8.20. The number of hydrogen-bond donors (Lipinski definition) is 1. The molecule has 2 heterocycles. The van der Waals surface area contributed by atoms with Gasteiger partial charge in [0.25, 0.3) is 0 Å². The third-order valence-electron chi connectivity index (χ3n) is 5.50. The molecular formula is C23H29N4OS+. The molecule has 4 rings (SSSR count). The molecular weight excluding hydrogens is 380 g/mol. The Morgan fingerprint density at radius 2 is 1.83 bits per heavy atom. The number of methoxy groups -OCH3 is 1. The van der Waals surface area contributed by atoms with E-state index in [0.29, 0.717) is 5.92 Å². The molecule has 0 saturated carbocycles. The Bertz CT molecular complexity index is 1040. The summed E-state index contributed by atoms with van der Waals surface area (Å²) in [5, 5.41) is 4.95. The number of fused-ring (bicyclic) bond motifs is 1. The molecule has 1 aliphatic rings. The number of nitrogens with zero attached hydrogens (tertiary/aromatic N) is 3. The smallest absolute Gasteiger partial charge is 0.203 e. The van der Waals surface area contributed by atoms with Gasteiger partial charge in [0.05, 0.1) is 13.7 Å².